The zero-order valence-electron chi connectivity index (χ0n) is 57.4. The van der Waals surface area contributed by atoms with Crippen molar-refractivity contribution in [3.8, 4) is 44.8 Å². The summed E-state index contributed by atoms with van der Waals surface area (Å²) in [4.78, 5) is 5.36. The van der Waals surface area contributed by atoms with Gasteiger partial charge in [-0.3, -0.25) is 0 Å². The standard InChI is InChI=1S/C94H71BN4OS/c1-93(2,3)61-42-48-80(72(54-61)58-26-11-9-12-27-58)98-82-56-63(96-76-37-16-8-7-15-30-66(76)67-31-17-21-38-77(67)96)44-46-74(82)95-75-47-45-64(97-78-39-22-18-32-68(78)69-33-19-23-40-79(69)97)57-83(75)99(81-49-43-62(94(4,5)6)55-73(81)59-28-13-10-14-29-59)85-53-60(52-84(98)91(85)95)65-35-25-36-71-90-88(101-92(65)71)51-50-87-89(90)70-34-20-24-41-86(70)100-87/h8-36,38-57H,7,37H2,1-6H3/b16-8-,30-15-. The maximum absolute atomic E-state index is 6.65. The van der Waals surface area contributed by atoms with E-state index in [9.17, 15) is 0 Å². The van der Waals surface area contributed by atoms with Crippen LogP contribution in [0.4, 0.5) is 34.1 Å². The van der Waals surface area contributed by atoms with E-state index in [4.69, 9.17) is 4.42 Å². The molecule has 0 fully saturated rings. The quantitative estimate of drug-likeness (QED) is 0.118. The van der Waals surface area contributed by atoms with Crippen molar-refractivity contribution in [2.75, 3.05) is 9.80 Å². The number of furan rings is 1. The van der Waals surface area contributed by atoms with E-state index in [0.29, 0.717) is 0 Å². The minimum Gasteiger partial charge on any atom is -0.456 e. The largest absolute Gasteiger partial charge is 0.456 e. The van der Waals surface area contributed by atoms with Crippen LogP contribution in [0.1, 0.15) is 70.3 Å². The van der Waals surface area contributed by atoms with Gasteiger partial charge in [-0.05, 0) is 164 Å². The van der Waals surface area contributed by atoms with Gasteiger partial charge in [-0.2, -0.15) is 0 Å². The summed E-state index contributed by atoms with van der Waals surface area (Å²) < 4.78 is 14.2. The van der Waals surface area contributed by atoms with E-state index in [1.807, 2.05) is 11.3 Å². The first-order valence-corrected chi connectivity index (χ1v) is 36.4. The number of nitrogens with zero attached hydrogens (tertiary/aromatic N) is 4. The molecule has 0 amide bonds. The molecule has 482 valence electrons. The Morgan fingerprint density at radius 2 is 0.911 bits per heavy atom. The molecule has 2 aliphatic heterocycles. The van der Waals surface area contributed by atoms with Crippen molar-refractivity contribution in [2.45, 2.75) is 65.2 Å². The summed E-state index contributed by atoms with van der Waals surface area (Å²) in [6.45, 7) is 13.8. The molecule has 0 saturated heterocycles. The van der Waals surface area contributed by atoms with Crippen molar-refractivity contribution in [2.24, 2.45) is 0 Å². The zero-order valence-corrected chi connectivity index (χ0v) is 58.2. The van der Waals surface area contributed by atoms with Gasteiger partial charge in [0.2, 0.25) is 0 Å². The fraction of sp³-hybridized carbons (Fsp3) is 0.106. The van der Waals surface area contributed by atoms with Crippen LogP contribution in [0, 0.1) is 0 Å². The first-order chi connectivity index (χ1) is 49.4. The fourth-order valence-corrected chi connectivity index (χ4v) is 18.3. The van der Waals surface area contributed by atoms with Crippen LogP contribution in [0.5, 0.6) is 0 Å². The van der Waals surface area contributed by atoms with Gasteiger partial charge in [0.1, 0.15) is 11.2 Å². The van der Waals surface area contributed by atoms with E-state index >= 15 is 0 Å². The van der Waals surface area contributed by atoms with E-state index in [2.05, 4.69) is 358 Å². The van der Waals surface area contributed by atoms with Crippen LogP contribution >= 0.6 is 11.3 Å². The molecular weight excluding hydrogens is 1240 g/mol. The van der Waals surface area contributed by atoms with Crippen molar-refractivity contribution in [1.82, 2.24) is 9.13 Å². The third kappa shape index (κ3) is 9.15. The lowest BCUT2D eigenvalue weighted by Gasteiger charge is -2.45. The first-order valence-electron chi connectivity index (χ1n) is 35.5. The van der Waals surface area contributed by atoms with Crippen LogP contribution in [0.15, 0.2) is 296 Å². The van der Waals surface area contributed by atoms with E-state index in [0.717, 1.165) is 86.0 Å². The second-order valence-electron chi connectivity index (χ2n) is 29.8. The fourth-order valence-electron chi connectivity index (χ4n) is 17.1. The second-order valence-corrected chi connectivity index (χ2v) is 30.9. The Balaban J connectivity index is 0.953. The third-order valence-electron chi connectivity index (χ3n) is 21.9. The minimum atomic E-state index is -0.216. The van der Waals surface area contributed by atoms with Crippen molar-refractivity contribution in [3.63, 3.8) is 0 Å². The van der Waals surface area contributed by atoms with Crippen LogP contribution < -0.4 is 26.2 Å². The second kappa shape index (κ2) is 22.4. The summed E-state index contributed by atoms with van der Waals surface area (Å²) in [5.74, 6) is 0. The van der Waals surface area contributed by atoms with Crippen LogP contribution in [-0.4, -0.2) is 15.8 Å². The molecule has 17 aromatic rings. The Morgan fingerprint density at radius 3 is 1.51 bits per heavy atom. The summed E-state index contributed by atoms with van der Waals surface area (Å²) in [6, 6.07) is 104. The number of hydrogen-bond donors (Lipinski definition) is 0. The van der Waals surface area contributed by atoms with E-state index in [-0.39, 0.29) is 17.5 Å². The lowest BCUT2D eigenvalue weighted by Crippen LogP contribution is -2.61. The molecule has 4 aromatic heterocycles. The van der Waals surface area contributed by atoms with Gasteiger partial charge in [-0.25, -0.2) is 0 Å². The predicted molar refractivity (Wildman–Crippen MR) is 432 cm³/mol. The van der Waals surface area contributed by atoms with Gasteiger partial charge >= 0.3 is 0 Å². The van der Waals surface area contributed by atoms with Crippen molar-refractivity contribution in [3.05, 3.63) is 314 Å². The summed E-state index contributed by atoms with van der Waals surface area (Å²) in [5, 5.41) is 8.48. The number of aromatic nitrogens is 2. The Labute approximate surface area is 592 Å². The molecule has 3 aliphatic rings. The molecule has 0 radical (unpaired) electrons. The van der Waals surface area contributed by atoms with Gasteiger partial charge in [0.05, 0.1) is 27.9 Å². The normalized spacial score (nSPS) is 14.3. The number of para-hydroxylation sites is 4. The lowest BCUT2D eigenvalue weighted by atomic mass is 9.33. The molecule has 0 spiro atoms. The van der Waals surface area contributed by atoms with Crippen LogP contribution in [0.3, 0.4) is 0 Å². The smallest absolute Gasteiger partial charge is 0.252 e. The summed E-state index contributed by atoms with van der Waals surface area (Å²) in [5.41, 5.74) is 30.0. The van der Waals surface area contributed by atoms with Gasteiger partial charge in [0, 0.05) is 110 Å². The molecule has 0 N–H and O–H groups in total. The van der Waals surface area contributed by atoms with Crippen molar-refractivity contribution >= 4 is 149 Å². The highest BCUT2D eigenvalue weighted by molar-refractivity contribution is 7.26. The van der Waals surface area contributed by atoms with Crippen LogP contribution in [-0.2, 0) is 17.3 Å². The van der Waals surface area contributed by atoms with Crippen LogP contribution in [0.2, 0.25) is 0 Å². The van der Waals surface area contributed by atoms with Gasteiger partial charge in [0.15, 0.2) is 0 Å². The molecule has 5 nitrogen and oxygen atoms in total. The number of rotatable bonds is 7. The van der Waals surface area contributed by atoms with Crippen LogP contribution in [0.25, 0.3) is 126 Å². The highest BCUT2D eigenvalue weighted by Crippen LogP contribution is 2.54. The van der Waals surface area contributed by atoms with E-state index in [1.165, 1.54) is 119 Å². The number of hydrogen-bond acceptors (Lipinski definition) is 4. The number of allylic oxidation sites excluding steroid dienone is 3. The van der Waals surface area contributed by atoms with Gasteiger partial charge in [-0.15, -0.1) is 11.3 Å². The number of fused-ring (bicyclic) bond motifs is 17. The molecule has 0 saturated carbocycles. The van der Waals surface area contributed by atoms with E-state index in [1.54, 1.807) is 0 Å². The number of thiophene rings is 1. The monoisotopic (exact) mass is 1310 g/mol. The lowest BCUT2D eigenvalue weighted by molar-refractivity contribution is 0.590. The van der Waals surface area contributed by atoms with Gasteiger partial charge < -0.3 is 23.4 Å². The number of benzene rings is 13. The molecule has 13 aromatic carbocycles. The molecular formula is C94H71BN4OS. The highest BCUT2D eigenvalue weighted by atomic mass is 32.1. The Hall–Kier alpha value is -11.6. The third-order valence-corrected chi connectivity index (χ3v) is 23.1. The summed E-state index contributed by atoms with van der Waals surface area (Å²) in [7, 11) is 0. The molecule has 1 aliphatic carbocycles. The molecule has 0 unspecified atom stereocenters. The average Bonchev–Trinajstić information content (AvgIpc) is 1.11. The minimum absolute atomic E-state index is 0.132. The molecule has 6 heterocycles. The molecule has 0 bridgehead atoms. The maximum Gasteiger partial charge on any atom is 0.252 e. The molecule has 0 atom stereocenters. The van der Waals surface area contributed by atoms with Crippen molar-refractivity contribution in [1.29, 1.82) is 0 Å². The highest BCUT2D eigenvalue weighted by Gasteiger charge is 2.45. The summed E-state index contributed by atoms with van der Waals surface area (Å²) >= 11 is 1.89. The molecule has 101 heavy (non-hydrogen) atoms. The Morgan fingerprint density at radius 1 is 0.376 bits per heavy atom. The predicted octanol–water partition coefficient (Wildman–Crippen LogP) is 24.2. The van der Waals surface area contributed by atoms with Crippen molar-refractivity contribution < 1.29 is 4.42 Å². The SMILES string of the molecule is CC(C)(C)c1ccc(N2c3cc(-n4c5c(c6ccccc64)/C=C\C/C=C\C5)ccc3B3c4ccc(-n5c6ccccc6c6ccccc65)cc4N(c4ccc(C(C)(C)C)cc4-c4ccccc4)c4cc(-c5cccc6c5sc5ccc7oc8ccccc8c7c56)cc2c43)c(-c2ccccc2)c1. The first kappa shape index (κ1) is 59.4. The van der Waals surface area contributed by atoms with Gasteiger partial charge in [0.25, 0.3) is 6.71 Å². The van der Waals surface area contributed by atoms with E-state index < -0.39 is 0 Å². The Kier molecular flexibility index (Phi) is 13.2. The molecule has 20 rings (SSSR count). The summed E-state index contributed by atoms with van der Waals surface area (Å²) in [6.07, 6.45) is 11.1. The number of anilines is 6. The van der Waals surface area contributed by atoms with Gasteiger partial charge in [-0.1, -0.05) is 242 Å². The Bertz CT molecular complexity index is 6330. The zero-order chi connectivity index (χ0) is 67.6. The topological polar surface area (TPSA) is 29.5 Å². The maximum atomic E-state index is 6.65. The molecule has 7 heteroatoms. The average molecular weight is 1320 g/mol.